The van der Waals surface area contributed by atoms with Crippen LogP contribution in [0.5, 0.6) is 5.75 Å². The number of rotatable bonds is 4. The van der Waals surface area contributed by atoms with Gasteiger partial charge in [-0.05, 0) is 31.7 Å². The third-order valence-electron chi connectivity index (χ3n) is 4.24. The van der Waals surface area contributed by atoms with Gasteiger partial charge in [-0.25, -0.2) is 0 Å². The molecule has 1 fully saturated rings. The van der Waals surface area contributed by atoms with Crippen molar-refractivity contribution >= 4 is 5.91 Å². The number of hydrogen-bond acceptors (Lipinski definition) is 2. The molecular weight excluding hydrogens is 250 g/mol. The van der Waals surface area contributed by atoms with Crippen LogP contribution in [0.4, 0.5) is 0 Å². The van der Waals surface area contributed by atoms with Crippen LogP contribution in [0.2, 0.25) is 0 Å². The molecule has 20 heavy (non-hydrogen) atoms. The van der Waals surface area contributed by atoms with Crippen molar-refractivity contribution < 1.29 is 9.53 Å². The molecule has 0 aliphatic heterocycles. The largest absolute Gasteiger partial charge is 0.496 e. The van der Waals surface area contributed by atoms with E-state index in [2.05, 4.69) is 12.2 Å². The predicted molar refractivity (Wildman–Crippen MR) is 81.0 cm³/mol. The summed E-state index contributed by atoms with van der Waals surface area (Å²) in [5.74, 6) is 1.49. The van der Waals surface area contributed by atoms with Gasteiger partial charge < -0.3 is 10.1 Å². The summed E-state index contributed by atoms with van der Waals surface area (Å²) in [5, 5.41) is 3.19. The number of nitrogens with one attached hydrogen (secondary N) is 1. The van der Waals surface area contributed by atoms with Gasteiger partial charge in [-0.3, -0.25) is 4.79 Å². The van der Waals surface area contributed by atoms with Gasteiger partial charge in [-0.1, -0.05) is 37.5 Å². The second-order valence-corrected chi connectivity index (χ2v) is 5.93. The molecule has 2 atom stereocenters. The summed E-state index contributed by atoms with van der Waals surface area (Å²) < 4.78 is 5.33. The zero-order valence-corrected chi connectivity index (χ0v) is 12.7. The summed E-state index contributed by atoms with van der Waals surface area (Å²) >= 11 is 0. The molecule has 1 aliphatic carbocycles. The second-order valence-electron chi connectivity index (χ2n) is 5.93. The summed E-state index contributed by atoms with van der Waals surface area (Å²) in [4.78, 5) is 12.2. The molecule has 110 valence electrons. The number of methoxy groups -OCH3 is 1. The number of ether oxygens (including phenoxy) is 1. The van der Waals surface area contributed by atoms with E-state index < -0.39 is 0 Å². The van der Waals surface area contributed by atoms with E-state index in [0.717, 1.165) is 23.3 Å². The van der Waals surface area contributed by atoms with Crippen molar-refractivity contribution in [2.24, 2.45) is 5.92 Å². The van der Waals surface area contributed by atoms with Crippen LogP contribution >= 0.6 is 0 Å². The van der Waals surface area contributed by atoms with Gasteiger partial charge in [-0.15, -0.1) is 0 Å². The lowest BCUT2D eigenvalue weighted by atomic mass is 9.86. The number of aryl methyl sites for hydroxylation is 1. The van der Waals surface area contributed by atoms with Crippen LogP contribution in [0.3, 0.4) is 0 Å². The van der Waals surface area contributed by atoms with Crippen molar-refractivity contribution in [1.29, 1.82) is 0 Å². The van der Waals surface area contributed by atoms with Gasteiger partial charge in [0.15, 0.2) is 0 Å². The topological polar surface area (TPSA) is 38.3 Å². The maximum atomic E-state index is 12.2. The first-order chi connectivity index (χ1) is 9.60. The highest BCUT2D eigenvalue weighted by Crippen LogP contribution is 2.24. The van der Waals surface area contributed by atoms with Gasteiger partial charge in [0.05, 0.1) is 13.5 Å². The van der Waals surface area contributed by atoms with E-state index in [9.17, 15) is 4.79 Å². The van der Waals surface area contributed by atoms with Crippen molar-refractivity contribution in [2.45, 2.75) is 52.0 Å². The van der Waals surface area contributed by atoms with E-state index in [1.165, 1.54) is 19.3 Å². The van der Waals surface area contributed by atoms with Gasteiger partial charge in [0.1, 0.15) is 5.75 Å². The van der Waals surface area contributed by atoms with E-state index in [4.69, 9.17) is 4.74 Å². The first-order valence-corrected chi connectivity index (χ1v) is 7.53. The SMILES string of the molecule is COc1ccc(C)cc1CC(=O)N[C@H]1CCCC[C@@H]1C. The van der Waals surface area contributed by atoms with Crippen LogP contribution in [-0.2, 0) is 11.2 Å². The maximum Gasteiger partial charge on any atom is 0.224 e. The molecule has 1 aromatic rings. The fourth-order valence-electron chi connectivity index (χ4n) is 3.01. The van der Waals surface area contributed by atoms with Crippen molar-refractivity contribution in [3.05, 3.63) is 29.3 Å². The monoisotopic (exact) mass is 275 g/mol. The molecule has 1 N–H and O–H groups in total. The molecule has 0 saturated heterocycles. The Morgan fingerprint density at radius 2 is 2.10 bits per heavy atom. The van der Waals surface area contributed by atoms with Gasteiger partial charge >= 0.3 is 0 Å². The summed E-state index contributed by atoms with van der Waals surface area (Å²) in [6.07, 6.45) is 5.24. The lowest BCUT2D eigenvalue weighted by molar-refractivity contribution is -0.121. The molecule has 0 bridgehead atoms. The second kappa shape index (κ2) is 6.78. The summed E-state index contributed by atoms with van der Waals surface area (Å²) in [6, 6.07) is 6.31. The Kier molecular flexibility index (Phi) is 5.05. The zero-order chi connectivity index (χ0) is 14.5. The molecular formula is C17H25NO2. The molecule has 3 heteroatoms. The van der Waals surface area contributed by atoms with Crippen molar-refractivity contribution in [1.82, 2.24) is 5.32 Å². The molecule has 2 rings (SSSR count). The van der Waals surface area contributed by atoms with Gasteiger partial charge in [0.2, 0.25) is 5.91 Å². The Balaban J connectivity index is 1.99. The van der Waals surface area contributed by atoms with Crippen molar-refractivity contribution in [3.63, 3.8) is 0 Å². The minimum absolute atomic E-state index is 0.104. The van der Waals surface area contributed by atoms with Crippen LogP contribution in [0.25, 0.3) is 0 Å². The Morgan fingerprint density at radius 1 is 1.35 bits per heavy atom. The molecule has 0 aromatic heterocycles. The lowest BCUT2D eigenvalue weighted by Gasteiger charge is -2.29. The number of carbonyl (C=O) groups excluding carboxylic acids is 1. The van der Waals surface area contributed by atoms with E-state index in [1.807, 2.05) is 25.1 Å². The molecule has 0 spiro atoms. The zero-order valence-electron chi connectivity index (χ0n) is 12.7. The van der Waals surface area contributed by atoms with Crippen LogP contribution < -0.4 is 10.1 Å². The van der Waals surface area contributed by atoms with Gasteiger partial charge in [0.25, 0.3) is 0 Å². The molecule has 0 radical (unpaired) electrons. The lowest BCUT2D eigenvalue weighted by Crippen LogP contribution is -2.41. The van der Waals surface area contributed by atoms with Gasteiger partial charge in [0, 0.05) is 11.6 Å². The standard InChI is InChI=1S/C17H25NO2/c1-12-8-9-16(20-3)14(10-12)11-17(19)18-15-7-5-4-6-13(15)2/h8-10,13,15H,4-7,11H2,1-3H3,(H,18,19)/t13-,15-/m0/s1. The summed E-state index contributed by atoms with van der Waals surface area (Å²) in [7, 11) is 1.65. The van der Waals surface area contributed by atoms with Crippen molar-refractivity contribution in [2.75, 3.05) is 7.11 Å². The molecule has 3 nitrogen and oxygen atoms in total. The third-order valence-corrected chi connectivity index (χ3v) is 4.24. The van der Waals surface area contributed by atoms with Crippen molar-refractivity contribution in [3.8, 4) is 5.75 Å². The van der Waals surface area contributed by atoms with Crippen LogP contribution in [-0.4, -0.2) is 19.1 Å². The average Bonchev–Trinajstić information content (AvgIpc) is 2.41. The van der Waals surface area contributed by atoms with E-state index in [-0.39, 0.29) is 5.91 Å². The fourth-order valence-corrected chi connectivity index (χ4v) is 3.01. The summed E-state index contributed by atoms with van der Waals surface area (Å²) in [5.41, 5.74) is 2.12. The first-order valence-electron chi connectivity index (χ1n) is 7.53. The molecule has 1 amide bonds. The molecule has 0 unspecified atom stereocenters. The number of benzene rings is 1. The smallest absolute Gasteiger partial charge is 0.224 e. The molecule has 1 aromatic carbocycles. The number of amides is 1. The van der Waals surface area contributed by atoms with E-state index in [1.54, 1.807) is 7.11 Å². The quantitative estimate of drug-likeness (QED) is 0.916. The average molecular weight is 275 g/mol. The van der Waals surface area contributed by atoms with Crippen LogP contribution in [0.15, 0.2) is 18.2 Å². The Bertz CT molecular complexity index is 470. The molecule has 0 heterocycles. The Labute approximate surface area is 121 Å². The summed E-state index contributed by atoms with van der Waals surface area (Å²) in [6.45, 7) is 4.27. The van der Waals surface area contributed by atoms with Crippen LogP contribution in [0.1, 0.15) is 43.7 Å². The first kappa shape index (κ1) is 14.9. The highest BCUT2D eigenvalue weighted by Gasteiger charge is 2.23. The molecule has 1 aliphatic rings. The normalized spacial score (nSPS) is 22.4. The van der Waals surface area contributed by atoms with E-state index >= 15 is 0 Å². The number of carbonyl (C=O) groups is 1. The Hall–Kier alpha value is -1.51. The minimum atomic E-state index is 0.104. The number of hydrogen-bond donors (Lipinski definition) is 1. The third kappa shape index (κ3) is 3.75. The van der Waals surface area contributed by atoms with E-state index in [0.29, 0.717) is 18.4 Å². The van der Waals surface area contributed by atoms with Crippen LogP contribution in [0, 0.1) is 12.8 Å². The maximum absolute atomic E-state index is 12.2. The predicted octanol–water partition coefficient (Wildman–Crippen LogP) is 3.24. The highest BCUT2D eigenvalue weighted by molar-refractivity contribution is 5.79. The fraction of sp³-hybridized carbons (Fsp3) is 0.588. The highest BCUT2D eigenvalue weighted by atomic mass is 16.5. The van der Waals surface area contributed by atoms with Gasteiger partial charge in [-0.2, -0.15) is 0 Å². The minimum Gasteiger partial charge on any atom is -0.496 e. The Morgan fingerprint density at radius 3 is 2.80 bits per heavy atom. The molecule has 1 saturated carbocycles.